The number of thiophene rings is 1. The van der Waals surface area contributed by atoms with E-state index >= 15 is 0 Å². The van der Waals surface area contributed by atoms with Crippen LogP contribution in [0.25, 0.3) is 10.1 Å². The van der Waals surface area contributed by atoms with Crippen LogP contribution in [0.2, 0.25) is 0 Å². The normalized spacial score (nSPS) is 12.8. The van der Waals surface area contributed by atoms with Gasteiger partial charge >= 0.3 is 5.51 Å². The second kappa shape index (κ2) is 8.53. The maximum Gasteiger partial charge on any atom is 0.441 e. The molecule has 1 heterocycles. The summed E-state index contributed by atoms with van der Waals surface area (Å²) in [5.74, 6) is 0.633. The van der Waals surface area contributed by atoms with Gasteiger partial charge in [0.1, 0.15) is 17.2 Å². The van der Waals surface area contributed by atoms with E-state index in [0.29, 0.717) is 22.8 Å². The molecule has 0 aliphatic heterocycles. The van der Waals surface area contributed by atoms with Crippen molar-refractivity contribution in [1.82, 2.24) is 0 Å². The quantitative estimate of drug-likeness (QED) is 0.441. The van der Waals surface area contributed by atoms with Crippen LogP contribution in [0.4, 0.5) is 13.2 Å². The number of methoxy groups -OCH3 is 3. The van der Waals surface area contributed by atoms with Crippen molar-refractivity contribution in [3.8, 4) is 17.2 Å². The molecule has 0 saturated carbocycles. The maximum atomic E-state index is 13.0. The maximum absolute atomic E-state index is 13.0. The van der Waals surface area contributed by atoms with Crippen molar-refractivity contribution in [2.45, 2.75) is 11.4 Å². The Morgan fingerprint density at radius 2 is 1.61 bits per heavy atom. The molecular formula is C20H19F3O3S2. The van der Waals surface area contributed by atoms with Crippen LogP contribution < -0.4 is 14.2 Å². The number of fused-ring (bicyclic) bond motifs is 1. The van der Waals surface area contributed by atoms with Crippen LogP contribution in [0.3, 0.4) is 0 Å². The highest BCUT2D eigenvalue weighted by Crippen LogP contribution is 2.47. The van der Waals surface area contributed by atoms with Crippen molar-refractivity contribution < 1.29 is 27.4 Å². The summed E-state index contributed by atoms with van der Waals surface area (Å²) in [5, 5.41) is 0.996. The van der Waals surface area contributed by atoms with Crippen LogP contribution in [0, 0.1) is 0 Å². The Morgan fingerprint density at radius 1 is 0.964 bits per heavy atom. The fourth-order valence-electron chi connectivity index (χ4n) is 3.04. The lowest BCUT2D eigenvalue weighted by atomic mass is 9.96. The van der Waals surface area contributed by atoms with Crippen LogP contribution in [0.15, 0.2) is 42.5 Å². The Bertz CT molecular complexity index is 895. The zero-order valence-electron chi connectivity index (χ0n) is 15.5. The van der Waals surface area contributed by atoms with Crippen LogP contribution in [0.1, 0.15) is 16.4 Å². The Hall–Kier alpha value is -2.06. The van der Waals surface area contributed by atoms with Crippen molar-refractivity contribution in [3.05, 3.63) is 52.9 Å². The van der Waals surface area contributed by atoms with Crippen LogP contribution in [-0.2, 0) is 0 Å². The molecule has 0 radical (unpaired) electrons. The van der Waals surface area contributed by atoms with Gasteiger partial charge in [0.25, 0.3) is 0 Å². The predicted molar refractivity (Wildman–Crippen MR) is 108 cm³/mol. The van der Waals surface area contributed by atoms with E-state index in [1.807, 2.05) is 30.3 Å². The molecule has 3 rings (SSSR count). The van der Waals surface area contributed by atoms with E-state index in [2.05, 4.69) is 0 Å². The molecule has 0 fully saturated rings. The SMILES string of the molecule is COc1cc(OC)c(C(CSC(F)(F)F)c2cc3ccccc3s2)c(OC)c1. The average molecular weight is 428 g/mol. The van der Waals surface area contributed by atoms with Gasteiger partial charge in [-0.3, -0.25) is 0 Å². The highest BCUT2D eigenvalue weighted by molar-refractivity contribution is 8.00. The molecule has 0 amide bonds. The molecule has 0 bridgehead atoms. The van der Waals surface area contributed by atoms with Crippen molar-refractivity contribution in [1.29, 1.82) is 0 Å². The van der Waals surface area contributed by atoms with Gasteiger partial charge in [-0.1, -0.05) is 30.0 Å². The summed E-state index contributed by atoms with van der Waals surface area (Å²) in [6.45, 7) is 0. The number of alkyl halides is 3. The second-order valence-electron chi connectivity index (χ2n) is 5.94. The Labute approximate surface area is 169 Å². The number of benzene rings is 2. The topological polar surface area (TPSA) is 27.7 Å². The molecule has 0 saturated heterocycles. The van der Waals surface area contributed by atoms with Crippen molar-refractivity contribution >= 4 is 33.2 Å². The highest BCUT2D eigenvalue weighted by Gasteiger charge is 2.33. The lowest BCUT2D eigenvalue weighted by Crippen LogP contribution is -2.11. The zero-order valence-corrected chi connectivity index (χ0v) is 17.1. The molecule has 0 aliphatic rings. The van der Waals surface area contributed by atoms with Crippen molar-refractivity contribution in [3.63, 3.8) is 0 Å². The summed E-state index contributed by atoms with van der Waals surface area (Å²) >= 11 is 1.43. The van der Waals surface area contributed by atoms with Gasteiger partial charge in [-0.05, 0) is 17.5 Å². The van der Waals surface area contributed by atoms with Crippen molar-refractivity contribution in [2.75, 3.05) is 27.1 Å². The number of rotatable bonds is 7. The standard InChI is InChI=1S/C20H19F3O3S2/c1-24-13-9-15(25-2)19(16(10-13)26-3)14(11-27-20(21,22)23)18-8-12-6-4-5-7-17(12)28-18/h4-10,14H,11H2,1-3H3. The van der Waals surface area contributed by atoms with Gasteiger partial charge in [-0.25, -0.2) is 0 Å². The van der Waals surface area contributed by atoms with Gasteiger partial charge in [0.15, 0.2) is 0 Å². The van der Waals surface area contributed by atoms with Gasteiger partial charge in [-0.2, -0.15) is 13.2 Å². The molecule has 150 valence electrons. The van der Waals surface area contributed by atoms with Gasteiger partial charge in [0, 0.05) is 38.9 Å². The first-order valence-electron chi connectivity index (χ1n) is 8.35. The number of hydrogen-bond acceptors (Lipinski definition) is 5. The van der Waals surface area contributed by atoms with E-state index in [4.69, 9.17) is 14.2 Å². The fourth-order valence-corrected chi connectivity index (χ4v) is 5.02. The molecule has 3 nitrogen and oxygen atoms in total. The van der Waals surface area contributed by atoms with E-state index in [-0.39, 0.29) is 17.5 Å². The lowest BCUT2D eigenvalue weighted by molar-refractivity contribution is -0.0328. The van der Waals surface area contributed by atoms with E-state index in [0.717, 1.165) is 15.0 Å². The molecule has 0 aliphatic carbocycles. The molecule has 2 aromatic carbocycles. The van der Waals surface area contributed by atoms with Gasteiger partial charge < -0.3 is 14.2 Å². The highest BCUT2D eigenvalue weighted by atomic mass is 32.2. The Kier molecular flexibility index (Phi) is 6.30. The first kappa shape index (κ1) is 20.7. The average Bonchev–Trinajstić information content (AvgIpc) is 3.10. The predicted octanol–water partition coefficient (Wildman–Crippen LogP) is 6.31. The fraction of sp³-hybridized carbons (Fsp3) is 0.300. The van der Waals surface area contributed by atoms with E-state index < -0.39 is 11.4 Å². The molecule has 0 N–H and O–H groups in total. The van der Waals surface area contributed by atoms with Gasteiger partial charge in [0.2, 0.25) is 0 Å². The van der Waals surface area contributed by atoms with Gasteiger partial charge in [-0.15, -0.1) is 11.3 Å². The second-order valence-corrected chi connectivity index (χ2v) is 8.14. The Morgan fingerprint density at radius 3 is 2.14 bits per heavy atom. The largest absolute Gasteiger partial charge is 0.496 e. The zero-order chi connectivity index (χ0) is 20.3. The summed E-state index contributed by atoms with van der Waals surface area (Å²) in [7, 11) is 4.48. The number of halogens is 3. The van der Waals surface area contributed by atoms with E-state index in [1.54, 1.807) is 12.1 Å². The lowest BCUT2D eigenvalue weighted by Gasteiger charge is -2.22. The van der Waals surface area contributed by atoms with Crippen molar-refractivity contribution in [2.24, 2.45) is 0 Å². The Balaban J connectivity index is 2.16. The summed E-state index contributed by atoms with van der Waals surface area (Å²) in [4.78, 5) is 0.819. The molecule has 1 atom stereocenters. The minimum atomic E-state index is -4.33. The third-order valence-corrected chi connectivity index (χ3v) is 6.36. The summed E-state index contributed by atoms with van der Waals surface area (Å²) in [6.07, 6.45) is 0. The number of thioether (sulfide) groups is 1. The monoisotopic (exact) mass is 428 g/mol. The number of hydrogen-bond donors (Lipinski definition) is 0. The molecule has 8 heteroatoms. The first-order valence-corrected chi connectivity index (χ1v) is 10.2. The third kappa shape index (κ3) is 4.50. The summed E-state index contributed by atoms with van der Waals surface area (Å²) < 4.78 is 56.3. The van der Waals surface area contributed by atoms with E-state index in [1.165, 1.54) is 32.7 Å². The van der Waals surface area contributed by atoms with Gasteiger partial charge in [0.05, 0.1) is 21.3 Å². The summed E-state index contributed by atoms with van der Waals surface area (Å²) in [6, 6.07) is 13.0. The molecular weight excluding hydrogens is 409 g/mol. The van der Waals surface area contributed by atoms with Crippen LogP contribution in [-0.4, -0.2) is 32.6 Å². The molecule has 1 unspecified atom stereocenters. The summed E-state index contributed by atoms with van der Waals surface area (Å²) in [5.41, 5.74) is -3.75. The first-order chi connectivity index (χ1) is 13.4. The smallest absolute Gasteiger partial charge is 0.441 e. The van der Waals surface area contributed by atoms with Crippen LogP contribution in [0.5, 0.6) is 17.2 Å². The van der Waals surface area contributed by atoms with Crippen LogP contribution >= 0.6 is 23.1 Å². The number of ether oxygens (including phenoxy) is 3. The molecule has 1 aromatic heterocycles. The molecule has 28 heavy (non-hydrogen) atoms. The minimum Gasteiger partial charge on any atom is -0.496 e. The molecule has 3 aromatic rings. The van der Waals surface area contributed by atoms with E-state index in [9.17, 15) is 13.2 Å². The minimum absolute atomic E-state index is 0.0461. The third-order valence-electron chi connectivity index (χ3n) is 4.30. The molecule has 0 spiro atoms.